The number of nitrogens with zero attached hydrogens (tertiary/aromatic N) is 4. The van der Waals surface area contributed by atoms with Crippen LogP contribution in [0.2, 0.25) is 0 Å². The van der Waals surface area contributed by atoms with E-state index in [2.05, 4.69) is 38.5 Å². The molecule has 10 heteroatoms. The second kappa shape index (κ2) is 11.1. The number of benzene rings is 2. The van der Waals surface area contributed by atoms with E-state index >= 15 is 0 Å². The third kappa shape index (κ3) is 5.56. The number of amides is 1. The highest BCUT2D eigenvalue weighted by Crippen LogP contribution is 2.38. The summed E-state index contributed by atoms with van der Waals surface area (Å²) in [5, 5.41) is 7.12. The molecule has 0 unspecified atom stereocenters. The minimum absolute atomic E-state index is 0.151. The first-order chi connectivity index (χ1) is 17.4. The van der Waals surface area contributed by atoms with Crippen LogP contribution in [0.1, 0.15) is 0 Å². The zero-order valence-corrected chi connectivity index (χ0v) is 20.9. The molecule has 4 aromatic rings. The maximum absolute atomic E-state index is 12.1. The summed E-state index contributed by atoms with van der Waals surface area (Å²) in [6.07, 6.45) is 3.76. The van der Waals surface area contributed by atoms with Gasteiger partial charge >= 0.3 is 0 Å². The van der Waals surface area contributed by atoms with Gasteiger partial charge < -0.3 is 35.3 Å². The lowest BCUT2D eigenvalue weighted by Crippen LogP contribution is -2.23. The highest BCUT2D eigenvalue weighted by atomic mass is 16.5. The summed E-state index contributed by atoms with van der Waals surface area (Å²) in [6.45, 7) is 0.994. The van der Waals surface area contributed by atoms with Crippen molar-refractivity contribution in [2.75, 3.05) is 51.5 Å². The van der Waals surface area contributed by atoms with Gasteiger partial charge in [0, 0.05) is 48.5 Å². The van der Waals surface area contributed by atoms with Crippen molar-refractivity contribution in [3.63, 3.8) is 0 Å². The van der Waals surface area contributed by atoms with Crippen molar-refractivity contribution in [1.29, 1.82) is 0 Å². The zero-order chi connectivity index (χ0) is 25.7. The van der Waals surface area contributed by atoms with E-state index in [1.807, 2.05) is 44.2 Å². The first-order valence-electron chi connectivity index (χ1n) is 11.5. The second-order valence-electron chi connectivity index (χ2n) is 8.51. The Balaban J connectivity index is 1.67. The van der Waals surface area contributed by atoms with Gasteiger partial charge in [-0.1, -0.05) is 18.2 Å². The molecule has 36 heavy (non-hydrogen) atoms. The molecule has 188 valence electrons. The van der Waals surface area contributed by atoms with E-state index < -0.39 is 0 Å². The van der Waals surface area contributed by atoms with Gasteiger partial charge in [0.15, 0.2) is 0 Å². The van der Waals surface area contributed by atoms with Gasteiger partial charge in [-0.2, -0.15) is 0 Å². The Kier molecular flexibility index (Phi) is 7.67. The lowest BCUT2D eigenvalue weighted by molar-refractivity contribution is -0.114. The molecule has 0 aliphatic carbocycles. The number of hydrogen-bond acceptors (Lipinski definition) is 8. The van der Waals surface area contributed by atoms with E-state index in [-0.39, 0.29) is 12.5 Å². The van der Waals surface area contributed by atoms with E-state index in [1.54, 1.807) is 25.4 Å². The van der Waals surface area contributed by atoms with Gasteiger partial charge in [0.25, 0.3) is 0 Å². The number of hydrogen-bond donors (Lipinski definition) is 3. The number of fused-ring (bicyclic) bond motifs is 1. The van der Waals surface area contributed by atoms with Crippen LogP contribution < -0.4 is 25.8 Å². The van der Waals surface area contributed by atoms with Crippen molar-refractivity contribution in [2.24, 2.45) is 12.8 Å². The highest BCUT2D eigenvalue weighted by molar-refractivity contribution is 5.96. The molecule has 1 amide bonds. The molecule has 10 nitrogen and oxygen atoms in total. The first-order valence-corrected chi connectivity index (χ1v) is 11.5. The molecule has 0 aliphatic rings. The van der Waals surface area contributed by atoms with Crippen LogP contribution in [-0.2, 0) is 11.8 Å². The molecule has 0 spiro atoms. The Hall–Kier alpha value is -4.15. The molecule has 4 N–H and O–H groups in total. The molecule has 2 aromatic heterocycles. The van der Waals surface area contributed by atoms with Crippen LogP contribution in [0.15, 0.2) is 54.9 Å². The Morgan fingerprint density at radius 1 is 1.14 bits per heavy atom. The van der Waals surface area contributed by atoms with Crippen molar-refractivity contribution in [3.05, 3.63) is 54.9 Å². The fourth-order valence-corrected chi connectivity index (χ4v) is 3.82. The zero-order valence-electron chi connectivity index (χ0n) is 20.9. The summed E-state index contributed by atoms with van der Waals surface area (Å²) >= 11 is 0. The van der Waals surface area contributed by atoms with Crippen LogP contribution >= 0.6 is 0 Å². The monoisotopic (exact) mass is 489 g/mol. The van der Waals surface area contributed by atoms with Crippen LogP contribution in [0.4, 0.5) is 17.3 Å². The van der Waals surface area contributed by atoms with Crippen LogP contribution in [0.25, 0.3) is 22.2 Å². The predicted molar refractivity (Wildman–Crippen MR) is 142 cm³/mol. The average Bonchev–Trinajstić information content (AvgIpc) is 3.21. The minimum Gasteiger partial charge on any atom is -0.494 e. The topological polar surface area (TPSA) is 120 Å². The Morgan fingerprint density at radius 2 is 1.94 bits per heavy atom. The average molecular weight is 490 g/mol. The minimum atomic E-state index is -0.335. The van der Waals surface area contributed by atoms with Gasteiger partial charge in [0.05, 0.1) is 30.7 Å². The number of anilines is 3. The number of carbonyl (C=O) groups excluding carboxylic acids is 1. The molecule has 0 bridgehead atoms. The molecule has 0 aliphatic heterocycles. The maximum Gasteiger partial charge on any atom is 0.238 e. The molecule has 0 atom stereocenters. The van der Waals surface area contributed by atoms with Crippen molar-refractivity contribution in [1.82, 2.24) is 19.4 Å². The number of carbonyl (C=O) groups is 1. The summed E-state index contributed by atoms with van der Waals surface area (Å²) in [4.78, 5) is 23.2. The normalized spacial score (nSPS) is 11.1. The lowest BCUT2D eigenvalue weighted by atomic mass is 10.1. The van der Waals surface area contributed by atoms with E-state index in [0.717, 1.165) is 22.2 Å². The number of nitrogens with two attached hydrogens (primary N) is 1. The summed E-state index contributed by atoms with van der Waals surface area (Å²) in [5.74, 6) is 1.04. The molecular weight excluding hydrogens is 458 g/mol. The Labute approximate surface area is 210 Å². The molecular formula is C26H31N7O3. The SMILES string of the molecule is COc1cc(OCCN(C)C)c(NC(=O)CN)cc1Nc1nccc(-c2cn(C)c3ccccc23)n1. The number of para-hydroxylation sites is 1. The van der Waals surface area contributed by atoms with E-state index in [4.69, 9.17) is 20.2 Å². The smallest absolute Gasteiger partial charge is 0.238 e. The van der Waals surface area contributed by atoms with Crippen molar-refractivity contribution in [3.8, 4) is 22.8 Å². The van der Waals surface area contributed by atoms with Gasteiger partial charge in [-0.05, 0) is 32.3 Å². The molecule has 0 radical (unpaired) electrons. The molecule has 2 aromatic carbocycles. The van der Waals surface area contributed by atoms with Gasteiger partial charge in [-0.15, -0.1) is 0 Å². The molecule has 2 heterocycles. The Bertz CT molecular complexity index is 1370. The fraction of sp³-hybridized carbons (Fsp3) is 0.269. The second-order valence-corrected chi connectivity index (χ2v) is 8.51. The van der Waals surface area contributed by atoms with Crippen LogP contribution in [0, 0.1) is 0 Å². The van der Waals surface area contributed by atoms with E-state index in [1.165, 1.54) is 0 Å². The maximum atomic E-state index is 12.1. The molecule has 4 rings (SSSR count). The number of aromatic nitrogens is 3. The largest absolute Gasteiger partial charge is 0.494 e. The molecule has 0 fully saturated rings. The third-order valence-electron chi connectivity index (χ3n) is 5.63. The number of likely N-dealkylation sites (N-methyl/N-ethyl adjacent to an activating group) is 1. The summed E-state index contributed by atoms with van der Waals surface area (Å²) in [6, 6.07) is 13.5. The number of nitrogens with one attached hydrogen (secondary N) is 2. The fourth-order valence-electron chi connectivity index (χ4n) is 3.82. The number of aryl methyl sites for hydroxylation is 1. The lowest BCUT2D eigenvalue weighted by Gasteiger charge is -2.18. The van der Waals surface area contributed by atoms with E-state index in [0.29, 0.717) is 42.0 Å². The van der Waals surface area contributed by atoms with Crippen molar-refractivity contribution in [2.45, 2.75) is 0 Å². The van der Waals surface area contributed by atoms with Gasteiger partial charge in [-0.3, -0.25) is 4.79 Å². The summed E-state index contributed by atoms with van der Waals surface area (Å²) < 4.78 is 13.6. The molecule has 0 saturated heterocycles. The van der Waals surface area contributed by atoms with E-state index in [9.17, 15) is 4.79 Å². The number of methoxy groups -OCH3 is 1. The van der Waals surface area contributed by atoms with Crippen LogP contribution in [-0.4, -0.2) is 66.2 Å². The number of ether oxygens (including phenoxy) is 2. The number of rotatable bonds is 10. The predicted octanol–water partition coefficient (Wildman–Crippen LogP) is 3.23. The highest BCUT2D eigenvalue weighted by Gasteiger charge is 2.16. The molecule has 0 saturated carbocycles. The van der Waals surface area contributed by atoms with Crippen LogP contribution in [0.3, 0.4) is 0 Å². The van der Waals surface area contributed by atoms with Crippen LogP contribution in [0.5, 0.6) is 11.5 Å². The van der Waals surface area contributed by atoms with Gasteiger partial charge in [0.2, 0.25) is 11.9 Å². The van der Waals surface area contributed by atoms with Gasteiger partial charge in [-0.25, -0.2) is 9.97 Å². The third-order valence-corrected chi connectivity index (χ3v) is 5.63. The van der Waals surface area contributed by atoms with Gasteiger partial charge in [0.1, 0.15) is 18.1 Å². The first kappa shape index (κ1) is 25.0. The summed E-state index contributed by atoms with van der Waals surface area (Å²) in [7, 11) is 7.49. The standard InChI is InChI=1S/C26H31N7O3/c1-32(2)11-12-36-24-14-23(35-4)20(13-21(24)29-25(34)15-27)31-26-28-10-9-19(30-26)18-16-33(3)22-8-6-5-7-17(18)22/h5-10,13-14,16H,11-12,15,27H2,1-4H3,(H,29,34)(H,28,30,31). The summed E-state index contributed by atoms with van der Waals surface area (Å²) in [5.41, 5.74) is 9.46. The quantitative estimate of drug-likeness (QED) is 0.311. The van der Waals surface area contributed by atoms with Crippen molar-refractivity contribution >= 4 is 34.1 Å². The van der Waals surface area contributed by atoms with Crippen molar-refractivity contribution < 1.29 is 14.3 Å². The Morgan fingerprint density at radius 3 is 2.69 bits per heavy atom.